The Morgan fingerprint density at radius 1 is 1.26 bits per heavy atom. The number of hydrogen-bond acceptors (Lipinski definition) is 9. The molecular weight excluding hydrogens is 466 g/mol. The summed E-state index contributed by atoms with van der Waals surface area (Å²) in [6.07, 6.45) is 1.48. The van der Waals surface area contributed by atoms with Gasteiger partial charge in [0, 0.05) is 20.0 Å². The van der Waals surface area contributed by atoms with E-state index in [0.717, 1.165) is 11.3 Å². The van der Waals surface area contributed by atoms with Crippen molar-refractivity contribution in [3.63, 3.8) is 0 Å². The normalized spacial score (nSPS) is 15.2. The molecule has 0 aliphatic carbocycles. The second-order valence-electron chi connectivity index (χ2n) is 7.47. The summed E-state index contributed by atoms with van der Waals surface area (Å²) in [4.78, 5) is 63.3. The lowest BCUT2D eigenvalue weighted by Gasteiger charge is -2.14. The van der Waals surface area contributed by atoms with E-state index in [-0.39, 0.29) is 47.5 Å². The van der Waals surface area contributed by atoms with E-state index in [0.29, 0.717) is 11.3 Å². The molecule has 12 heteroatoms. The molecule has 182 valence electrons. The summed E-state index contributed by atoms with van der Waals surface area (Å²) in [5.41, 5.74) is 0.441. The number of ether oxygens (including phenoxy) is 2. The average Bonchev–Trinajstić information content (AvgIpc) is 3.52. The van der Waals surface area contributed by atoms with Gasteiger partial charge in [-0.3, -0.25) is 19.2 Å². The first-order chi connectivity index (χ1) is 16.2. The third-order valence-corrected chi connectivity index (χ3v) is 6.34. The lowest BCUT2D eigenvalue weighted by Crippen LogP contribution is -2.28. The molecule has 3 amide bonds. The van der Waals surface area contributed by atoms with E-state index < -0.39 is 36.3 Å². The minimum Gasteiger partial charge on any atom is -0.467 e. The van der Waals surface area contributed by atoms with Gasteiger partial charge in [0.2, 0.25) is 5.91 Å². The van der Waals surface area contributed by atoms with Gasteiger partial charge in [-0.05, 0) is 31.5 Å². The molecule has 1 unspecified atom stereocenters. The molecule has 1 aliphatic rings. The Labute approximate surface area is 199 Å². The topological polar surface area (TPSA) is 144 Å². The van der Waals surface area contributed by atoms with Crippen LogP contribution in [0.1, 0.15) is 44.7 Å². The van der Waals surface area contributed by atoms with Gasteiger partial charge in [-0.2, -0.15) is 0 Å². The smallest absolute Gasteiger partial charge is 0.341 e. The molecule has 34 heavy (non-hydrogen) atoms. The number of furan rings is 1. The molecule has 11 nitrogen and oxygen atoms in total. The number of anilines is 1. The summed E-state index contributed by atoms with van der Waals surface area (Å²) in [6, 6.07) is 3.44. The maximum Gasteiger partial charge on any atom is 0.341 e. The Hall–Kier alpha value is -3.67. The van der Waals surface area contributed by atoms with Gasteiger partial charge in [0.15, 0.2) is 6.61 Å². The highest BCUT2D eigenvalue weighted by molar-refractivity contribution is 7.18. The van der Waals surface area contributed by atoms with Crippen molar-refractivity contribution >= 4 is 46.0 Å². The fraction of sp³-hybridized carbons (Fsp3) is 0.409. The van der Waals surface area contributed by atoms with Crippen LogP contribution in [0.3, 0.4) is 0 Å². The number of hydrogen-bond donors (Lipinski definition) is 2. The molecule has 0 aromatic carbocycles. The number of nitrogens with zero attached hydrogens (tertiary/aromatic N) is 1. The van der Waals surface area contributed by atoms with Crippen LogP contribution in [0.5, 0.6) is 0 Å². The number of thiophene rings is 1. The van der Waals surface area contributed by atoms with Crippen molar-refractivity contribution in [3.05, 3.63) is 40.2 Å². The summed E-state index contributed by atoms with van der Waals surface area (Å²) >= 11 is 0.918. The minimum absolute atomic E-state index is 0.0201. The zero-order chi connectivity index (χ0) is 24.8. The Kier molecular flexibility index (Phi) is 8.05. The second kappa shape index (κ2) is 11.0. The molecule has 2 N–H and O–H groups in total. The number of carbonyl (C=O) groups is 5. The van der Waals surface area contributed by atoms with E-state index >= 15 is 0 Å². The number of rotatable bonds is 9. The molecule has 0 spiro atoms. The summed E-state index contributed by atoms with van der Waals surface area (Å²) in [5.74, 6) is -2.77. The van der Waals surface area contributed by atoms with E-state index in [4.69, 9.17) is 13.9 Å². The van der Waals surface area contributed by atoms with Crippen LogP contribution in [-0.2, 0) is 30.4 Å². The fourth-order valence-electron chi connectivity index (χ4n) is 3.47. The quantitative estimate of drug-likeness (QED) is 0.505. The number of esters is 2. The first-order valence-electron chi connectivity index (χ1n) is 10.5. The Morgan fingerprint density at radius 2 is 2.03 bits per heavy atom. The number of amides is 3. The van der Waals surface area contributed by atoms with E-state index in [2.05, 4.69) is 10.6 Å². The molecule has 1 atom stereocenters. The van der Waals surface area contributed by atoms with Crippen LogP contribution in [0.4, 0.5) is 5.00 Å². The van der Waals surface area contributed by atoms with Gasteiger partial charge in [-0.15, -0.1) is 11.3 Å². The van der Waals surface area contributed by atoms with Crippen molar-refractivity contribution in [3.8, 4) is 0 Å². The standard InChI is InChI=1S/C22H25N3O8S/c1-4-31-22(30)17-12(2)18(19(28)23-3)34-20(17)24-15(26)11-33-21(29)13-8-16(27)25(9-13)10-14-6-5-7-32-14/h5-7,13H,4,8-11H2,1-3H3,(H,23,28)(H,24,26). The molecule has 0 saturated carbocycles. The highest BCUT2D eigenvalue weighted by Crippen LogP contribution is 2.33. The van der Waals surface area contributed by atoms with Gasteiger partial charge in [-0.25, -0.2) is 4.79 Å². The zero-order valence-electron chi connectivity index (χ0n) is 19.0. The fourth-order valence-corrected chi connectivity index (χ4v) is 4.63. The van der Waals surface area contributed by atoms with Crippen molar-refractivity contribution in [1.82, 2.24) is 10.2 Å². The van der Waals surface area contributed by atoms with Crippen LogP contribution in [0.2, 0.25) is 0 Å². The highest BCUT2D eigenvalue weighted by atomic mass is 32.1. The second-order valence-corrected chi connectivity index (χ2v) is 8.49. The van der Waals surface area contributed by atoms with Gasteiger partial charge in [-0.1, -0.05) is 0 Å². The molecule has 1 aliphatic heterocycles. The SMILES string of the molecule is CCOC(=O)c1c(NC(=O)COC(=O)C2CC(=O)N(Cc3ccco3)C2)sc(C(=O)NC)c1C. The molecule has 2 aromatic heterocycles. The van der Waals surface area contributed by atoms with Crippen LogP contribution in [0.15, 0.2) is 22.8 Å². The van der Waals surface area contributed by atoms with Crippen molar-refractivity contribution in [2.75, 3.05) is 32.1 Å². The number of nitrogens with one attached hydrogen (secondary N) is 2. The van der Waals surface area contributed by atoms with Gasteiger partial charge < -0.3 is 29.4 Å². The summed E-state index contributed by atoms with van der Waals surface area (Å²) in [5, 5.41) is 5.12. The molecular formula is C22H25N3O8S. The van der Waals surface area contributed by atoms with Crippen molar-refractivity contribution in [2.45, 2.75) is 26.8 Å². The van der Waals surface area contributed by atoms with Crippen molar-refractivity contribution in [1.29, 1.82) is 0 Å². The third kappa shape index (κ3) is 5.63. The van der Waals surface area contributed by atoms with Gasteiger partial charge in [0.05, 0.1) is 35.8 Å². The predicted octanol–water partition coefficient (Wildman–Crippen LogP) is 1.72. The molecule has 0 radical (unpaired) electrons. The molecule has 3 rings (SSSR count). The van der Waals surface area contributed by atoms with Gasteiger partial charge >= 0.3 is 11.9 Å². The molecule has 1 fully saturated rings. The lowest BCUT2D eigenvalue weighted by atomic mass is 10.1. The van der Waals surface area contributed by atoms with Crippen LogP contribution >= 0.6 is 11.3 Å². The Bertz CT molecular complexity index is 1090. The molecule has 0 bridgehead atoms. The number of carbonyl (C=O) groups excluding carboxylic acids is 5. The van der Waals surface area contributed by atoms with E-state index in [1.165, 1.54) is 18.2 Å². The maximum atomic E-state index is 12.4. The summed E-state index contributed by atoms with van der Waals surface area (Å²) < 4.78 is 15.4. The summed E-state index contributed by atoms with van der Waals surface area (Å²) in [6.45, 7) is 3.13. The van der Waals surface area contributed by atoms with Crippen LogP contribution in [0.25, 0.3) is 0 Å². The predicted molar refractivity (Wildman–Crippen MR) is 120 cm³/mol. The summed E-state index contributed by atoms with van der Waals surface area (Å²) in [7, 11) is 1.45. The zero-order valence-corrected chi connectivity index (χ0v) is 19.8. The van der Waals surface area contributed by atoms with E-state index in [1.807, 2.05) is 0 Å². The minimum atomic E-state index is -0.700. The molecule has 2 aromatic rings. The average molecular weight is 492 g/mol. The molecule has 3 heterocycles. The third-order valence-electron chi connectivity index (χ3n) is 5.13. The first kappa shape index (κ1) is 25.0. The lowest BCUT2D eigenvalue weighted by molar-refractivity contribution is -0.151. The largest absolute Gasteiger partial charge is 0.467 e. The van der Waals surface area contributed by atoms with E-state index in [1.54, 1.807) is 26.0 Å². The van der Waals surface area contributed by atoms with Crippen LogP contribution in [0, 0.1) is 12.8 Å². The van der Waals surface area contributed by atoms with Crippen LogP contribution < -0.4 is 10.6 Å². The maximum absolute atomic E-state index is 12.4. The molecule has 1 saturated heterocycles. The first-order valence-corrected chi connectivity index (χ1v) is 11.4. The van der Waals surface area contributed by atoms with E-state index in [9.17, 15) is 24.0 Å². The Morgan fingerprint density at radius 3 is 2.68 bits per heavy atom. The van der Waals surface area contributed by atoms with Gasteiger partial charge in [0.25, 0.3) is 11.8 Å². The van der Waals surface area contributed by atoms with Crippen LogP contribution in [-0.4, -0.2) is 61.4 Å². The number of likely N-dealkylation sites (tertiary alicyclic amines) is 1. The van der Waals surface area contributed by atoms with Crippen molar-refractivity contribution in [2.24, 2.45) is 5.92 Å². The Balaban J connectivity index is 1.60. The highest BCUT2D eigenvalue weighted by Gasteiger charge is 2.36. The monoisotopic (exact) mass is 491 g/mol. The van der Waals surface area contributed by atoms with Crippen molar-refractivity contribution < 1.29 is 37.9 Å². The van der Waals surface area contributed by atoms with Gasteiger partial charge in [0.1, 0.15) is 10.8 Å².